The molecule has 0 radical (unpaired) electrons. The van der Waals surface area contributed by atoms with Gasteiger partial charge < -0.3 is 10.2 Å². The summed E-state index contributed by atoms with van der Waals surface area (Å²) in [4.78, 5) is 4.23. The molecule has 1 aromatic carbocycles. The zero-order chi connectivity index (χ0) is 15.0. The minimum Gasteiger partial charge on any atom is -0.393 e. The fraction of sp³-hybridized carbons (Fsp3) is 0.312. The fourth-order valence-corrected chi connectivity index (χ4v) is 3.32. The summed E-state index contributed by atoms with van der Waals surface area (Å²) in [7, 11) is 0. The van der Waals surface area contributed by atoms with Crippen LogP contribution in [0.3, 0.4) is 0 Å². The Morgan fingerprint density at radius 3 is 2.48 bits per heavy atom. The van der Waals surface area contributed by atoms with Crippen LogP contribution in [0.2, 0.25) is 10.0 Å². The number of pyridine rings is 1. The molecule has 1 aromatic heterocycles. The Morgan fingerprint density at radius 2 is 1.90 bits per heavy atom. The molecular formula is C16H15Cl2NO2. The zero-order valence-electron chi connectivity index (χ0n) is 11.2. The monoisotopic (exact) mass is 323 g/mol. The minimum absolute atomic E-state index is 0.419. The van der Waals surface area contributed by atoms with Gasteiger partial charge in [-0.1, -0.05) is 35.3 Å². The van der Waals surface area contributed by atoms with E-state index in [2.05, 4.69) is 4.98 Å². The van der Waals surface area contributed by atoms with E-state index >= 15 is 0 Å². The van der Waals surface area contributed by atoms with Crippen LogP contribution >= 0.6 is 23.2 Å². The van der Waals surface area contributed by atoms with Gasteiger partial charge in [0.15, 0.2) is 0 Å². The highest BCUT2D eigenvalue weighted by molar-refractivity contribution is 6.42. The Labute approximate surface area is 133 Å². The molecule has 0 bridgehead atoms. The van der Waals surface area contributed by atoms with Crippen molar-refractivity contribution >= 4 is 23.2 Å². The number of rotatable bonds is 3. The quantitative estimate of drug-likeness (QED) is 0.908. The molecule has 0 aliphatic heterocycles. The summed E-state index contributed by atoms with van der Waals surface area (Å²) in [5.41, 5.74) is 0.901. The lowest BCUT2D eigenvalue weighted by Crippen LogP contribution is -2.49. The largest absolute Gasteiger partial charge is 0.393 e. The maximum absolute atomic E-state index is 10.8. The molecule has 1 aliphatic rings. The van der Waals surface area contributed by atoms with Crippen molar-refractivity contribution in [2.75, 3.05) is 0 Å². The smallest absolute Gasteiger partial charge is 0.106 e. The van der Waals surface area contributed by atoms with E-state index in [1.807, 2.05) is 12.1 Å². The van der Waals surface area contributed by atoms with Crippen molar-refractivity contribution < 1.29 is 10.2 Å². The highest BCUT2D eigenvalue weighted by Crippen LogP contribution is 2.52. The average molecular weight is 324 g/mol. The van der Waals surface area contributed by atoms with E-state index in [0.29, 0.717) is 28.6 Å². The maximum Gasteiger partial charge on any atom is 0.106 e. The van der Waals surface area contributed by atoms with Crippen molar-refractivity contribution in [3.63, 3.8) is 0 Å². The van der Waals surface area contributed by atoms with Crippen molar-refractivity contribution in [1.29, 1.82) is 0 Å². The first-order chi connectivity index (χ1) is 10.0. The molecule has 2 aromatic rings. The number of nitrogens with zero attached hydrogens (tertiary/aromatic N) is 1. The SMILES string of the molecule is OC1CC(c2ccc(Cl)c(Cl)c2)([C@H](O)c2ccccn2)C1. The van der Waals surface area contributed by atoms with Crippen molar-refractivity contribution in [1.82, 2.24) is 4.98 Å². The third kappa shape index (κ3) is 2.55. The number of hydrogen-bond donors (Lipinski definition) is 2. The third-order valence-corrected chi connectivity index (χ3v) is 4.92. The van der Waals surface area contributed by atoms with Gasteiger partial charge in [0, 0.05) is 11.6 Å². The second kappa shape index (κ2) is 5.58. The van der Waals surface area contributed by atoms with Crippen molar-refractivity contribution in [3.05, 3.63) is 63.9 Å². The summed E-state index contributed by atoms with van der Waals surface area (Å²) in [5.74, 6) is 0. The molecule has 21 heavy (non-hydrogen) atoms. The third-order valence-electron chi connectivity index (χ3n) is 4.19. The van der Waals surface area contributed by atoms with Gasteiger partial charge in [-0.05, 0) is 42.7 Å². The number of hydrogen-bond acceptors (Lipinski definition) is 3. The predicted octanol–water partition coefficient (Wildman–Crippen LogP) is 3.51. The molecule has 1 saturated carbocycles. The fourth-order valence-electron chi connectivity index (χ4n) is 3.02. The van der Waals surface area contributed by atoms with E-state index in [1.165, 1.54) is 0 Å². The molecule has 5 heteroatoms. The van der Waals surface area contributed by atoms with Crippen LogP contribution in [0, 0.1) is 0 Å². The van der Waals surface area contributed by atoms with Gasteiger partial charge in [-0.25, -0.2) is 0 Å². The molecule has 3 rings (SSSR count). The van der Waals surface area contributed by atoms with Crippen LogP contribution in [0.25, 0.3) is 0 Å². The van der Waals surface area contributed by atoms with Crippen LogP contribution < -0.4 is 0 Å². The molecule has 1 heterocycles. The van der Waals surface area contributed by atoms with Crippen molar-refractivity contribution in [2.24, 2.45) is 0 Å². The summed E-state index contributed by atoms with van der Waals surface area (Å²) < 4.78 is 0. The Balaban J connectivity index is 2.02. The number of aliphatic hydroxyl groups excluding tert-OH is 2. The lowest BCUT2D eigenvalue weighted by atomic mass is 9.59. The normalized spacial score (nSPS) is 26.2. The Morgan fingerprint density at radius 1 is 1.14 bits per heavy atom. The molecule has 1 fully saturated rings. The second-order valence-electron chi connectivity index (χ2n) is 5.50. The molecule has 1 aliphatic carbocycles. The molecule has 1 atom stereocenters. The van der Waals surface area contributed by atoms with E-state index in [1.54, 1.807) is 30.5 Å². The molecule has 0 unspecified atom stereocenters. The molecule has 0 amide bonds. The first-order valence-corrected chi connectivity index (χ1v) is 7.51. The molecule has 0 spiro atoms. The van der Waals surface area contributed by atoms with Crippen molar-refractivity contribution in [3.8, 4) is 0 Å². The summed E-state index contributed by atoms with van der Waals surface area (Å²) in [5, 5.41) is 21.5. The summed E-state index contributed by atoms with van der Waals surface area (Å²) in [6, 6.07) is 10.8. The van der Waals surface area contributed by atoms with Crippen LogP contribution in [0.4, 0.5) is 0 Å². The van der Waals surface area contributed by atoms with Gasteiger partial charge in [0.25, 0.3) is 0 Å². The summed E-state index contributed by atoms with van der Waals surface area (Å²) >= 11 is 12.1. The highest BCUT2D eigenvalue weighted by Gasteiger charge is 2.51. The minimum atomic E-state index is -0.792. The van der Waals surface area contributed by atoms with Gasteiger partial charge in [0.2, 0.25) is 0 Å². The average Bonchev–Trinajstić information content (AvgIpc) is 2.47. The van der Waals surface area contributed by atoms with Crippen LogP contribution in [0.5, 0.6) is 0 Å². The molecule has 3 nitrogen and oxygen atoms in total. The van der Waals surface area contributed by atoms with E-state index < -0.39 is 17.6 Å². The number of halogens is 2. The van der Waals surface area contributed by atoms with Gasteiger partial charge in [0.1, 0.15) is 6.10 Å². The van der Waals surface area contributed by atoms with Crippen LogP contribution in [-0.2, 0) is 5.41 Å². The van der Waals surface area contributed by atoms with Gasteiger partial charge in [-0.2, -0.15) is 0 Å². The molecule has 110 valence electrons. The summed E-state index contributed by atoms with van der Waals surface area (Å²) in [6.45, 7) is 0. The van der Waals surface area contributed by atoms with Gasteiger partial charge in [0.05, 0.1) is 21.8 Å². The first-order valence-electron chi connectivity index (χ1n) is 6.75. The maximum atomic E-state index is 10.8. The van der Waals surface area contributed by atoms with Gasteiger partial charge >= 0.3 is 0 Å². The van der Waals surface area contributed by atoms with Gasteiger partial charge in [-0.3, -0.25) is 4.98 Å². The highest BCUT2D eigenvalue weighted by atomic mass is 35.5. The second-order valence-corrected chi connectivity index (χ2v) is 6.32. The number of aromatic nitrogens is 1. The Kier molecular flexibility index (Phi) is 3.93. The molecular weight excluding hydrogens is 309 g/mol. The Hall–Kier alpha value is -1.13. The number of benzene rings is 1. The van der Waals surface area contributed by atoms with E-state index in [0.717, 1.165) is 5.56 Å². The van der Waals surface area contributed by atoms with E-state index in [9.17, 15) is 10.2 Å². The van der Waals surface area contributed by atoms with Crippen LogP contribution in [-0.4, -0.2) is 21.3 Å². The van der Waals surface area contributed by atoms with E-state index in [-0.39, 0.29) is 0 Å². The van der Waals surface area contributed by atoms with Crippen LogP contribution in [0.1, 0.15) is 30.2 Å². The number of aliphatic hydroxyl groups is 2. The van der Waals surface area contributed by atoms with Gasteiger partial charge in [-0.15, -0.1) is 0 Å². The lowest BCUT2D eigenvalue weighted by Gasteiger charge is -2.48. The summed E-state index contributed by atoms with van der Waals surface area (Å²) in [6.07, 6.45) is 1.39. The van der Waals surface area contributed by atoms with Crippen molar-refractivity contribution in [2.45, 2.75) is 30.5 Å². The van der Waals surface area contributed by atoms with E-state index in [4.69, 9.17) is 23.2 Å². The Bertz CT molecular complexity index is 642. The zero-order valence-corrected chi connectivity index (χ0v) is 12.7. The lowest BCUT2D eigenvalue weighted by molar-refractivity contribution is -0.0591. The van der Waals surface area contributed by atoms with Crippen LogP contribution in [0.15, 0.2) is 42.6 Å². The molecule has 0 saturated heterocycles. The topological polar surface area (TPSA) is 53.4 Å². The molecule has 2 N–H and O–H groups in total. The standard InChI is InChI=1S/C16H15Cl2NO2/c17-12-5-4-10(7-13(12)18)16(8-11(20)9-16)15(21)14-3-1-2-6-19-14/h1-7,11,15,20-21H,8-9H2/t11?,15-,16?/m1/s1. The first kappa shape index (κ1) is 14.8. The predicted molar refractivity (Wildman–Crippen MR) is 82.6 cm³/mol.